The molecule has 0 saturated heterocycles. The highest BCUT2D eigenvalue weighted by Gasteiger charge is 2.39. The van der Waals surface area contributed by atoms with Crippen LogP contribution in [-0.4, -0.2) is 46.4 Å². The van der Waals surface area contributed by atoms with Crippen molar-refractivity contribution in [3.8, 4) is 0 Å². The Balaban J connectivity index is 2.05. The zero-order valence-electron chi connectivity index (χ0n) is 12.2. The first-order chi connectivity index (χ1) is 10.3. The Morgan fingerprint density at radius 1 is 1.50 bits per heavy atom. The highest BCUT2D eigenvalue weighted by Crippen LogP contribution is 2.23. The Morgan fingerprint density at radius 3 is 2.77 bits per heavy atom. The van der Waals surface area contributed by atoms with Crippen molar-refractivity contribution in [2.45, 2.75) is 38.6 Å². The predicted molar refractivity (Wildman–Crippen MR) is 73.2 cm³/mol. The number of halogens is 3. The third-order valence-electron chi connectivity index (χ3n) is 3.20. The lowest BCUT2D eigenvalue weighted by molar-refractivity contribution is -0.170. The summed E-state index contributed by atoms with van der Waals surface area (Å²) >= 11 is 0. The molecule has 1 aromatic heterocycles. The summed E-state index contributed by atoms with van der Waals surface area (Å²) in [4.78, 5) is 22.0. The van der Waals surface area contributed by atoms with Crippen LogP contribution in [0.5, 0.6) is 0 Å². The van der Waals surface area contributed by atoms with Crippen LogP contribution in [0.1, 0.15) is 25.8 Å². The quantitative estimate of drug-likeness (QED) is 0.857. The summed E-state index contributed by atoms with van der Waals surface area (Å²) in [6.07, 6.45) is -2.20. The monoisotopic (exact) mass is 315 g/mol. The van der Waals surface area contributed by atoms with E-state index < -0.39 is 30.8 Å². The van der Waals surface area contributed by atoms with Gasteiger partial charge in [0.05, 0.1) is 5.71 Å². The van der Waals surface area contributed by atoms with Crippen LogP contribution in [0.3, 0.4) is 0 Å². The summed E-state index contributed by atoms with van der Waals surface area (Å²) in [7, 11) is 0. The van der Waals surface area contributed by atoms with Crippen molar-refractivity contribution < 1.29 is 22.8 Å². The van der Waals surface area contributed by atoms with Crippen molar-refractivity contribution in [1.29, 1.82) is 0 Å². The van der Waals surface area contributed by atoms with E-state index in [0.29, 0.717) is 11.3 Å². The molecule has 2 rings (SSSR count). The van der Waals surface area contributed by atoms with Crippen LogP contribution in [-0.2, 0) is 9.63 Å². The van der Waals surface area contributed by atoms with Crippen molar-refractivity contribution in [1.82, 2.24) is 9.88 Å². The Kier molecular flexibility index (Phi) is 4.68. The molecule has 0 saturated carbocycles. The smallest absolute Gasteiger partial charge is 0.382 e. The van der Waals surface area contributed by atoms with E-state index in [1.165, 1.54) is 13.8 Å². The highest BCUT2D eigenvalue weighted by atomic mass is 19.4. The molecule has 8 heteroatoms. The van der Waals surface area contributed by atoms with Crippen LogP contribution in [0, 0.1) is 0 Å². The second-order valence-corrected chi connectivity index (χ2v) is 5.25. The number of pyridine rings is 1. The summed E-state index contributed by atoms with van der Waals surface area (Å²) in [5, 5.41) is 3.79. The van der Waals surface area contributed by atoms with Gasteiger partial charge in [-0.15, -0.1) is 0 Å². The fourth-order valence-electron chi connectivity index (χ4n) is 2.11. The topological polar surface area (TPSA) is 54.8 Å². The van der Waals surface area contributed by atoms with Gasteiger partial charge in [-0.25, -0.2) is 0 Å². The fraction of sp³-hybridized carbons (Fsp3) is 0.500. The molecule has 2 heterocycles. The standard InChI is InChI=1S/C14H16F3N3O2/c1-9(2)20(8-14(15,16)17)13(21)12-6-11(19-22-12)10-4-3-5-18-7-10/h3-5,7,9,12H,6,8H2,1-2H3. The lowest BCUT2D eigenvalue weighted by Crippen LogP contribution is -2.47. The van der Waals surface area contributed by atoms with Gasteiger partial charge in [0.15, 0.2) is 0 Å². The normalized spacial score (nSPS) is 18.1. The van der Waals surface area contributed by atoms with E-state index in [9.17, 15) is 18.0 Å². The maximum atomic E-state index is 12.6. The zero-order valence-corrected chi connectivity index (χ0v) is 12.2. The molecule has 0 bridgehead atoms. The number of hydrogen-bond acceptors (Lipinski definition) is 4. The number of rotatable bonds is 4. The van der Waals surface area contributed by atoms with Gasteiger partial charge in [0.25, 0.3) is 5.91 Å². The van der Waals surface area contributed by atoms with Crippen molar-refractivity contribution in [3.63, 3.8) is 0 Å². The van der Waals surface area contributed by atoms with Gasteiger partial charge in [-0.2, -0.15) is 13.2 Å². The molecule has 1 aliphatic rings. The summed E-state index contributed by atoms with van der Waals surface area (Å²) in [5.41, 5.74) is 1.19. The molecule has 0 spiro atoms. The Morgan fingerprint density at radius 2 is 2.23 bits per heavy atom. The Bertz CT molecular complexity index is 558. The Labute approximate surface area is 125 Å². The first-order valence-electron chi connectivity index (χ1n) is 6.78. The number of carbonyl (C=O) groups excluding carboxylic acids is 1. The number of alkyl halides is 3. The van der Waals surface area contributed by atoms with Gasteiger partial charge in [-0.1, -0.05) is 5.16 Å². The van der Waals surface area contributed by atoms with Gasteiger partial charge in [-0.05, 0) is 26.0 Å². The van der Waals surface area contributed by atoms with E-state index in [4.69, 9.17) is 4.84 Å². The van der Waals surface area contributed by atoms with Crippen LogP contribution in [0.2, 0.25) is 0 Å². The van der Waals surface area contributed by atoms with Crippen LogP contribution in [0.25, 0.3) is 0 Å². The summed E-state index contributed by atoms with van der Waals surface area (Å²) in [6.45, 7) is 1.76. The third-order valence-corrected chi connectivity index (χ3v) is 3.20. The molecule has 0 fully saturated rings. The lowest BCUT2D eigenvalue weighted by atomic mass is 10.1. The minimum atomic E-state index is -4.45. The van der Waals surface area contributed by atoms with Crippen molar-refractivity contribution in [2.75, 3.05) is 6.54 Å². The van der Waals surface area contributed by atoms with Crippen LogP contribution >= 0.6 is 0 Å². The van der Waals surface area contributed by atoms with E-state index in [1.807, 2.05) is 0 Å². The molecule has 0 radical (unpaired) electrons. The Hall–Kier alpha value is -2.12. The maximum Gasteiger partial charge on any atom is 0.406 e. The minimum Gasteiger partial charge on any atom is -0.382 e. The predicted octanol–water partition coefficient (Wildman–Crippen LogP) is 2.37. The van der Waals surface area contributed by atoms with Gasteiger partial charge >= 0.3 is 6.18 Å². The third kappa shape index (κ3) is 3.96. The van der Waals surface area contributed by atoms with E-state index in [0.717, 1.165) is 4.90 Å². The summed E-state index contributed by atoms with van der Waals surface area (Å²) < 4.78 is 37.8. The van der Waals surface area contributed by atoms with Gasteiger partial charge in [0.2, 0.25) is 6.10 Å². The molecule has 120 valence electrons. The van der Waals surface area contributed by atoms with Crippen molar-refractivity contribution >= 4 is 11.6 Å². The van der Waals surface area contributed by atoms with Gasteiger partial charge in [0.1, 0.15) is 6.54 Å². The summed E-state index contributed by atoms with van der Waals surface area (Å²) in [6, 6.07) is 2.87. The first kappa shape index (κ1) is 16.3. The average molecular weight is 315 g/mol. The van der Waals surface area contributed by atoms with Crippen molar-refractivity contribution in [3.05, 3.63) is 30.1 Å². The molecular weight excluding hydrogens is 299 g/mol. The van der Waals surface area contributed by atoms with Crippen LogP contribution in [0.15, 0.2) is 29.7 Å². The minimum absolute atomic E-state index is 0.131. The molecule has 0 N–H and O–H groups in total. The second kappa shape index (κ2) is 6.33. The molecular formula is C14H16F3N3O2. The molecule has 5 nitrogen and oxygen atoms in total. The number of carbonyl (C=O) groups is 1. The average Bonchev–Trinajstić information content (AvgIpc) is 2.93. The number of oxime groups is 1. The van der Waals surface area contributed by atoms with E-state index in [1.54, 1.807) is 24.5 Å². The first-order valence-corrected chi connectivity index (χ1v) is 6.78. The molecule has 1 atom stereocenters. The molecule has 0 aliphatic carbocycles. The number of aromatic nitrogens is 1. The second-order valence-electron chi connectivity index (χ2n) is 5.25. The fourth-order valence-corrected chi connectivity index (χ4v) is 2.11. The lowest BCUT2D eigenvalue weighted by Gasteiger charge is -2.29. The van der Waals surface area contributed by atoms with Gasteiger partial charge in [0, 0.05) is 30.4 Å². The largest absolute Gasteiger partial charge is 0.406 e. The molecule has 0 aromatic carbocycles. The zero-order chi connectivity index (χ0) is 16.3. The molecule has 1 aliphatic heterocycles. The number of amides is 1. The van der Waals surface area contributed by atoms with Gasteiger partial charge in [-0.3, -0.25) is 9.78 Å². The summed E-state index contributed by atoms with van der Waals surface area (Å²) in [5.74, 6) is -0.713. The van der Waals surface area contributed by atoms with E-state index in [2.05, 4.69) is 10.1 Å². The molecule has 1 unspecified atom stereocenters. The SMILES string of the molecule is CC(C)N(CC(F)(F)F)C(=O)C1CC(c2cccnc2)=NO1. The number of nitrogens with zero attached hydrogens (tertiary/aromatic N) is 3. The van der Waals surface area contributed by atoms with Crippen LogP contribution < -0.4 is 0 Å². The number of hydrogen-bond donors (Lipinski definition) is 0. The molecule has 22 heavy (non-hydrogen) atoms. The van der Waals surface area contributed by atoms with Crippen molar-refractivity contribution in [2.24, 2.45) is 5.16 Å². The van der Waals surface area contributed by atoms with Crippen LogP contribution in [0.4, 0.5) is 13.2 Å². The maximum absolute atomic E-state index is 12.6. The van der Waals surface area contributed by atoms with E-state index in [-0.39, 0.29) is 6.42 Å². The van der Waals surface area contributed by atoms with E-state index >= 15 is 0 Å². The molecule has 1 amide bonds. The molecule has 1 aromatic rings. The highest BCUT2D eigenvalue weighted by molar-refractivity contribution is 6.03. The van der Waals surface area contributed by atoms with Gasteiger partial charge < -0.3 is 9.74 Å².